The van der Waals surface area contributed by atoms with Gasteiger partial charge in [-0.1, -0.05) is 43.2 Å². The predicted molar refractivity (Wildman–Crippen MR) is 116 cm³/mol. The fraction of sp³-hybridized carbons (Fsp3) is 0.217. The number of pyridine rings is 1. The molecule has 0 saturated carbocycles. The minimum Gasteiger partial charge on any atom is -0.493 e. The fourth-order valence-corrected chi connectivity index (χ4v) is 3.29. The third kappa shape index (κ3) is 4.37. The van der Waals surface area contributed by atoms with Crippen molar-refractivity contribution in [2.45, 2.75) is 26.7 Å². The summed E-state index contributed by atoms with van der Waals surface area (Å²) >= 11 is 0. The van der Waals surface area contributed by atoms with Gasteiger partial charge in [-0.3, -0.25) is 4.79 Å². The lowest BCUT2D eigenvalue weighted by atomic mass is 9.97. The van der Waals surface area contributed by atoms with Crippen molar-refractivity contribution >= 4 is 0 Å². The number of tetrazole rings is 1. The van der Waals surface area contributed by atoms with Crippen LogP contribution in [-0.4, -0.2) is 32.2 Å². The molecule has 0 aliphatic rings. The van der Waals surface area contributed by atoms with E-state index >= 15 is 0 Å². The van der Waals surface area contributed by atoms with Crippen LogP contribution in [0.3, 0.4) is 0 Å². The molecule has 31 heavy (non-hydrogen) atoms. The van der Waals surface area contributed by atoms with Gasteiger partial charge in [0.05, 0.1) is 17.9 Å². The van der Waals surface area contributed by atoms with Gasteiger partial charge in [0.1, 0.15) is 11.6 Å². The summed E-state index contributed by atoms with van der Waals surface area (Å²) in [5, 5.41) is 13.8. The smallest absolute Gasteiger partial charge is 0.260 e. The van der Waals surface area contributed by atoms with Crippen LogP contribution in [0.2, 0.25) is 0 Å². The van der Waals surface area contributed by atoms with Crippen molar-refractivity contribution in [1.29, 1.82) is 0 Å². The normalized spacial score (nSPS) is 10.9. The summed E-state index contributed by atoms with van der Waals surface area (Å²) in [6, 6.07) is 14.1. The second-order valence-electron chi connectivity index (χ2n) is 7.25. The summed E-state index contributed by atoms with van der Waals surface area (Å²) in [5.41, 5.74) is 2.91. The van der Waals surface area contributed by atoms with E-state index < -0.39 is 11.4 Å². The molecule has 0 unspecified atom stereocenters. The lowest BCUT2D eigenvalue weighted by molar-refractivity contribution is 0.308. The molecule has 2 aromatic carbocycles. The zero-order valence-electron chi connectivity index (χ0n) is 17.3. The molecule has 0 atom stereocenters. The first kappa shape index (κ1) is 20.5. The van der Waals surface area contributed by atoms with Crippen molar-refractivity contribution < 1.29 is 9.13 Å². The number of aryl methyl sites for hydroxylation is 1. The maximum absolute atomic E-state index is 14.9. The van der Waals surface area contributed by atoms with Gasteiger partial charge in [-0.15, -0.1) is 10.2 Å². The number of rotatable bonds is 7. The number of nitrogens with zero attached hydrogens (tertiary/aromatic N) is 3. The van der Waals surface area contributed by atoms with Gasteiger partial charge in [-0.05, 0) is 42.3 Å². The Kier molecular flexibility index (Phi) is 5.88. The van der Waals surface area contributed by atoms with Crippen molar-refractivity contribution in [2.75, 3.05) is 6.61 Å². The Morgan fingerprint density at radius 3 is 2.55 bits per heavy atom. The number of aromatic amines is 2. The molecular formula is C23H22FN5O2. The summed E-state index contributed by atoms with van der Waals surface area (Å²) in [6.07, 6.45) is 1.89. The van der Waals surface area contributed by atoms with Crippen molar-refractivity contribution in [1.82, 2.24) is 25.6 Å². The number of halogens is 1. The van der Waals surface area contributed by atoms with E-state index in [9.17, 15) is 9.18 Å². The summed E-state index contributed by atoms with van der Waals surface area (Å²) < 4.78 is 20.5. The number of benzene rings is 2. The quantitative estimate of drug-likeness (QED) is 0.430. The van der Waals surface area contributed by atoms with Crippen LogP contribution in [0.25, 0.3) is 33.8 Å². The van der Waals surface area contributed by atoms with Gasteiger partial charge >= 0.3 is 0 Å². The molecule has 0 spiro atoms. The molecule has 2 N–H and O–H groups in total. The van der Waals surface area contributed by atoms with Crippen molar-refractivity contribution in [3.05, 3.63) is 70.3 Å². The molecule has 0 bridgehead atoms. The van der Waals surface area contributed by atoms with Gasteiger partial charge in [0, 0.05) is 17.2 Å². The SMILES string of the molecule is CCCCOc1ccc(-c2cc(-c3ccc(C)cc3)c(-c3nn[nH]n3)c(=O)[nH]2)c(F)c1. The van der Waals surface area contributed by atoms with Gasteiger partial charge in [-0.2, -0.15) is 5.21 Å². The summed E-state index contributed by atoms with van der Waals surface area (Å²) in [6.45, 7) is 4.57. The Morgan fingerprint density at radius 2 is 1.87 bits per heavy atom. The van der Waals surface area contributed by atoms with Crippen molar-refractivity contribution in [3.8, 4) is 39.5 Å². The summed E-state index contributed by atoms with van der Waals surface area (Å²) in [5.74, 6) is 0.148. The number of H-pyrrole nitrogens is 2. The molecule has 2 aromatic heterocycles. The largest absolute Gasteiger partial charge is 0.493 e. The van der Waals surface area contributed by atoms with E-state index in [1.165, 1.54) is 6.07 Å². The highest BCUT2D eigenvalue weighted by molar-refractivity contribution is 5.83. The van der Waals surface area contributed by atoms with E-state index in [4.69, 9.17) is 4.74 Å². The molecule has 158 valence electrons. The average Bonchev–Trinajstić information content (AvgIpc) is 3.28. The monoisotopic (exact) mass is 419 g/mol. The van der Waals surface area contributed by atoms with Gasteiger partial charge in [0.2, 0.25) is 5.82 Å². The zero-order chi connectivity index (χ0) is 21.8. The number of hydrogen-bond acceptors (Lipinski definition) is 5. The van der Waals surface area contributed by atoms with Crippen LogP contribution in [0.1, 0.15) is 25.3 Å². The van der Waals surface area contributed by atoms with Crippen molar-refractivity contribution in [3.63, 3.8) is 0 Å². The number of aromatic nitrogens is 5. The Bertz CT molecular complexity index is 1230. The van der Waals surface area contributed by atoms with Gasteiger partial charge < -0.3 is 9.72 Å². The fourth-order valence-electron chi connectivity index (χ4n) is 3.29. The molecule has 0 fully saturated rings. The highest BCUT2D eigenvalue weighted by Crippen LogP contribution is 2.32. The second kappa shape index (κ2) is 8.91. The third-order valence-electron chi connectivity index (χ3n) is 4.96. The number of hydrogen-bond donors (Lipinski definition) is 2. The van der Waals surface area contributed by atoms with Crippen LogP contribution in [-0.2, 0) is 0 Å². The first-order chi connectivity index (χ1) is 15.1. The standard InChI is InChI=1S/C23H22FN5O2/c1-3-4-11-31-16-9-10-17(19(24)12-16)20-13-18(15-7-5-14(2)6-8-15)21(23(30)25-20)22-26-28-29-27-22/h5-10,12-13H,3-4,11H2,1-2H3,(H,25,30)(H,26,27,28,29). The van der Waals surface area contributed by atoms with Crippen LogP contribution in [0.4, 0.5) is 4.39 Å². The Balaban J connectivity index is 1.81. The van der Waals surface area contributed by atoms with E-state index in [0.29, 0.717) is 23.6 Å². The first-order valence-corrected chi connectivity index (χ1v) is 10.1. The van der Waals surface area contributed by atoms with Gasteiger partial charge in [0.25, 0.3) is 5.56 Å². The molecule has 4 rings (SSSR count). The molecule has 7 nitrogen and oxygen atoms in total. The van der Waals surface area contributed by atoms with Crippen LogP contribution >= 0.6 is 0 Å². The minimum atomic E-state index is -0.480. The average molecular weight is 419 g/mol. The number of nitrogens with one attached hydrogen (secondary N) is 2. The molecule has 0 aliphatic carbocycles. The maximum atomic E-state index is 14.9. The molecular weight excluding hydrogens is 397 g/mol. The van der Waals surface area contributed by atoms with Crippen LogP contribution in [0, 0.1) is 12.7 Å². The molecule has 0 amide bonds. The number of ether oxygens (including phenoxy) is 1. The van der Waals surface area contributed by atoms with Crippen LogP contribution in [0.15, 0.2) is 53.3 Å². The maximum Gasteiger partial charge on any atom is 0.260 e. The topological polar surface area (TPSA) is 96.6 Å². The number of unbranched alkanes of at least 4 members (excludes halogenated alkanes) is 1. The Labute approximate surface area is 178 Å². The van der Waals surface area contributed by atoms with Crippen LogP contribution < -0.4 is 10.3 Å². The highest BCUT2D eigenvalue weighted by atomic mass is 19.1. The Morgan fingerprint density at radius 1 is 1.06 bits per heavy atom. The Hall–Kier alpha value is -3.81. The van der Waals surface area contributed by atoms with E-state index in [1.807, 2.05) is 31.2 Å². The van der Waals surface area contributed by atoms with Crippen LogP contribution in [0.5, 0.6) is 5.75 Å². The summed E-state index contributed by atoms with van der Waals surface area (Å²) in [4.78, 5) is 15.8. The van der Waals surface area contributed by atoms with E-state index in [-0.39, 0.29) is 17.0 Å². The highest BCUT2D eigenvalue weighted by Gasteiger charge is 2.19. The molecule has 4 aromatic rings. The van der Waals surface area contributed by atoms with Gasteiger partial charge in [-0.25, -0.2) is 4.39 Å². The summed E-state index contributed by atoms with van der Waals surface area (Å²) in [7, 11) is 0. The third-order valence-corrected chi connectivity index (χ3v) is 4.96. The minimum absolute atomic E-state index is 0.170. The molecule has 0 aliphatic heterocycles. The first-order valence-electron chi connectivity index (χ1n) is 10.1. The van der Waals surface area contributed by atoms with E-state index in [0.717, 1.165) is 24.0 Å². The lowest BCUT2D eigenvalue weighted by Gasteiger charge is -2.12. The second-order valence-corrected chi connectivity index (χ2v) is 7.25. The predicted octanol–water partition coefficient (Wildman–Crippen LogP) is 4.52. The van der Waals surface area contributed by atoms with Crippen molar-refractivity contribution in [2.24, 2.45) is 0 Å². The molecule has 2 heterocycles. The molecule has 0 saturated heterocycles. The zero-order valence-corrected chi connectivity index (χ0v) is 17.3. The molecule has 8 heteroatoms. The van der Waals surface area contributed by atoms with E-state index in [2.05, 4.69) is 32.5 Å². The lowest BCUT2D eigenvalue weighted by Crippen LogP contribution is -2.13. The molecule has 0 radical (unpaired) electrons. The van der Waals surface area contributed by atoms with Gasteiger partial charge in [0.15, 0.2) is 0 Å². The van der Waals surface area contributed by atoms with E-state index in [1.54, 1.807) is 18.2 Å².